The highest BCUT2D eigenvalue weighted by molar-refractivity contribution is 6.35. The summed E-state index contributed by atoms with van der Waals surface area (Å²) < 4.78 is 5.89. The third-order valence-electron chi connectivity index (χ3n) is 5.42. The van der Waals surface area contributed by atoms with Gasteiger partial charge in [-0.25, -0.2) is 0 Å². The van der Waals surface area contributed by atoms with Crippen LogP contribution >= 0.6 is 11.6 Å². The van der Waals surface area contributed by atoms with E-state index in [-0.39, 0.29) is 24.8 Å². The topological polar surface area (TPSA) is 59.5 Å². The van der Waals surface area contributed by atoms with E-state index >= 15 is 0 Å². The Morgan fingerprint density at radius 3 is 2.59 bits per heavy atom. The number of aryl methyl sites for hydroxylation is 1. The summed E-state index contributed by atoms with van der Waals surface area (Å²) >= 11 is 6.63. The Morgan fingerprint density at radius 2 is 1.94 bits per heavy atom. The zero-order chi connectivity index (χ0) is 23.4. The van der Waals surface area contributed by atoms with E-state index in [1.54, 1.807) is 11.0 Å². The van der Waals surface area contributed by atoms with Gasteiger partial charge in [0.1, 0.15) is 12.4 Å². The number of fused-ring (bicyclic) bond motifs is 1. The molecule has 1 amide bonds. The second-order valence-corrected chi connectivity index (χ2v) is 8.76. The number of pyridine rings is 1. The Bertz CT molecular complexity index is 1110. The van der Waals surface area contributed by atoms with Gasteiger partial charge in [-0.2, -0.15) is 0 Å². The molecule has 3 rings (SSSR count). The van der Waals surface area contributed by atoms with Gasteiger partial charge in [0.25, 0.3) is 5.91 Å². The summed E-state index contributed by atoms with van der Waals surface area (Å²) in [6.45, 7) is 10.4. The van der Waals surface area contributed by atoms with E-state index in [0.29, 0.717) is 34.9 Å². The molecule has 0 radical (unpaired) electrons. The Kier molecular flexibility index (Phi) is 7.52. The fourth-order valence-electron chi connectivity index (χ4n) is 3.87. The van der Waals surface area contributed by atoms with Crippen LogP contribution in [-0.2, 0) is 17.8 Å². The number of Topliss-reactive ketones (excluding diaryl/α,β-unsaturated/α-hetero) is 1. The SMILES string of the molecule is CC(=O)/C(CN1CCc2ccc(OCc3cccc(C)n3)c(Cl)c2C1=O)=C(/C)C=C(C)C. The van der Waals surface area contributed by atoms with Crippen molar-refractivity contribution in [1.82, 2.24) is 9.88 Å². The van der Waals surface area contributed by atoms with E-state index < -0.39 is 0 Å². The largest absolute Gasteiger partial charge is 0.486 e. The van der Waals surface area contributed by atoms with Gasteiger partial charge >= 0.3 is 0 Å². The molecule has 0 bridgehead atoms. The van der Waals surface area contributed by atoms with Crippen molar-refractivity contribution in [2.75, 3.05) is 13.1 Å². The van der Waals surface area contributed by atoms with Crippen LogP contribution < -0.4 is 4.74 Å². The van der Waals surface area contributed by atoms with Crippen LogP contribution in [0.2, 0.25) is 5.02 Å². The minimum atomic E-state index is -0.181. The zero-order valence-corrected chi connectivity index (χ0v) is 20.0. The second-order valence-electron chi connectivity index (χ2n) is 8.39. The molecule has 0 fully saturated rings. The molecule has 1 aliphatic rings. The summed E-state index contributed by atoms with van der Waals surface area (Å²) in [5, 5.41) is 0.305. The van der Waals surface area contributed by atoms with Gasteiger partial charge in [0.2, 0.25) is 0 Å². The van der Waals surface area contributed by atoms with Crippen molar-refractivity contribution in [2.45, 2.75) is 47.6 Å². The fraction of sp³-hybridized carbons (Fsp3) is 0.346. The molecule has 5 nitrogen and oxygen atoms in total. The van der Waals surface area contributed by atoms with Gasteiger partial charge in [-0.05, 0) is 70.4 Å². The molecule has 0 atom stereocenters. The molecule has 2 aromatic rings. The van der Waals surface area contributed by atoms with Crippen LogP contribution in [0.25, 0.3) is 0 Å². The van der Waals surface area contributed by atoms with Crippen LogP contribution in [-0.4, -0.2) is 34.7 Å². The lowest BCUT2D eigenvalue weighted by atomic mass is 9.96. The average molecular weight is 453 g/mol. The van der Waals surface area contributed by atoms with Crippen molar-refractivity contribution in [3.63, 3.8) is 0 Å². The molecule has 1 aromatic heterocycles. The van der Waals surface area contributed by atoms with E-state index in [9.17, 15) is 9.59 Å². The maximum atomic E-state index is 13.3. The molecule has 1 aliphatic heterocycles. The van der Waals surface area contributed by atoms with Crippen molar-refractivity contribution >= 4 is 23.3 Å². The third kappa shape index (κ3) is 5.46. The first kappa shape index (κ1) is 23.7. The van der Waals surface area contributed by atoms with Crippen LogP contribution in [0.3, 0.4) is 0 Å². The van der Waals surface area contributed by atoms with E-state index in [0.717, 1.165) is 28.1 Å². The number of benzene rings is 1. The van der Waals surface area contributed by atoms with Gasteiger partial charge in [-0.15, -0.1) is 0 Å². The lowest BCUT2D eigenvalue weighted by Gasteiger charge is -2.30. The van der Waals surface area contributed by atoms with Gasteiger partial charge < -0.3 is 9.64 Å². The van der Waals surface area contributed by atoms with Crippen LogP contribution in [0.1, 0.15) is 55.0 Å². The van der Waals surface area contributed by atoms with Gasteiger partial charge in [0.15, 0.2) is 5.78 Å². The van der Waals surface area contributed by atoms with E-state index in [1.165, 1.54) is 6.92 Å². The van der Waals surface area contributed by atoms with Crippen LogP contribution in [0.15, 0.2) is 53.1 Å². The highest BCUT2D eigenvalue weighted by Gasteiger charge is 2.29. The molecular weight excluding hydrogens is 424 g/mol. The molecule has 168 valence electrons. The van der Waals surface area contributed by atoms with Crippen LogP contribution in [0, 0.1) is 6.92 Å². The molecule has 0 unspecified atom stereocenters. The van der Waals surface area contributed by atoms with Gasteiger partial charge in [0.05, 0.1) is 16.3 Å². The Labute approximate surface area is 194 Å². The van der Waals surface area contributed by atoms with E-state index in [1.807, 2.05) is 58.0 Å². The number of aromatic nitrogens is 1. The Hall–Kier alpha value is -2.92. The maximum absolute atomic E-state index is 13.3. The average Bonchev–Trinajstić information content (AvgIpc) is 2.71. The molecule has 0 spiro atoms. The summed E-state index contributed by atoms with van der Waals surface area (Å²) in [5.41, 5.74) is 5.66. The number of hydrogen-bond donors (Lipinski definition) is 0. The molecule has 0 N–H and O–H groups in total. The van der Waals surface area contributed by atoms with E-state index in [2.05, 4.69) is 4.98 Å². The number of carbonyl (C=O) groups is 2. The van der Waals surface area contributed by atoms with Gasteiger partial charge in [-0.3, -0.25) is 14.6 Å². The summed E-state index contributed by atoms with van der Waals surface area (Å²) in [5.74, 6) is 0.235. The number of halogens is 1. The quantitative estimate of drug-likeness (QED) is 0.411. The van der Waals surface area contributed by atoms with Gasteiger partial charge in [-0.1, -0.05) is 35.4 Å². The number of ether oxygens (including phenoxy) is 1. The van der Waals surface area contributed by atoms with Crippen LogP contribution in [0.4, 0.5) is 0 Å². The number of amides is 1. The lowest BCUT2D eigenvalue weighted by molar-refractivity contribution is -0.113. The highest BCUT2D eigenvalue weighted by Crippen LogP contribution is 2.35. The number of carbonyl (C=O) groups excluding carboxylic acids is 2. The number of ketones is 1. The smallest absolute Gasteiger partial charge is 0.256 e. The highest BCUT2D eigenvalue weighted by atomic mass is 35.5. The monoisotopic (exact) mass is 452 g/mol. The van der Waals surface area contributed by atoms with Crippen molar-refractivity contribution in [2.24, 2.45) is 0 Å². The van der Waals surface area contributed by atoms with Gasteiger partial charge in [0, 0.05) is 24.4 Å². The number of allylic oxidation sites excluding steroid dienone is 3. The first-order chi connectivity index (χ1) is 15.2. The number of rotatable bonds is 7. The lowest BCUT2D eigenvalue weighted by Crippen LogP contribution is -2.40. The predicted molar refractivity (Wildman–Crippen MR) is 127 cm³/mol. The van der Waals surface area contributed by atoms with Crippen LogP contribution in [0.5, 0.6) is 5.75 Å². The second kappa shape index (κ2) is 10.1. The van der Waals surface area contributed by atoms with Crippen molar-refractivity contribution in [3.05, 3.63) is 80.7 Å². The number of hydrogen-bond acceptors (Lipinski definition) is 4. The zero-order valence-electron chi connectivity index (χ0n) is 19.3. The molecule has 0 aliphatic carbocycles. The first-order valence-corrected chi connectivity index (χ1v) is 11.1. The fourth-order valence-corrected chi connectivity index (χ4v) is 4.19. The molecule has 2 heterocycles. The predicted octanol–water partition coefficient (Wildman–Crippen LogP) is 5.49. The minimum absolute atomic E-state index is 0.0348. The molecule has 0 saturated heterocycles. The summed E-state index contributed by atoms with van der Waals surface area (Å²) in [4.78, 5) is 31.7. The van der Waals surface area contributed by atoms with Crippen molar-refractivity contribution < 1.29 is 14.3 Å². The molecule has 32 heavy (non-hydrogen) atoms. The maximum Gasteiger partial charge on any atom is 0.256 e. The Balaban J connectivity index is 1.85. The molecular formula is C26H29ClN2O3. The minimum Gasteiger partial charge on any atom is -0.486 e. The first-order valence-electron chi connectivity index (χ1n) is 10.7. The standard InChI is InChI=1S/C26H29ClN2O3/c1-16(2)13-17(3)22(19(5)30)14-29-12-11-20-9-10-23(25(27)24(20)26(29)31)32-15-21-8-6-7-18(4)28-21/h6-10,13H,11-12,14-15H2,1-5H3/b22-17-. The third-order valence-corrected chi connectivity index (χ3v) is 5.80. The normalized spacial score (nSPS) is 13.9. The molecule has 0 saturated carbocycles. The summed E-state index contributed by atoms with van der Waals surface area (Å²) in [6, 6.07) is 9.43. The van der Waals surface area contributed by atoms with Crippen molar-refractivity contribution in [3.8, 4) is 5.75 Å². The molecule has 6 heteroatoms. The summed E-state index contributed by atoms with van der Waals surface area (Å²) in [7, 11) is 0. The van der Waals surface area contributed by atoms with E-state index in [4.69, 9.17) is 16.3 Å². The van der Waals surface area contributed by atoms with Crippen molar-refractivity contribution in [1.29, 1.82) is 0 Å². The molecule has 1 aromatic carbocycles. The number of nitrogens with zero attached hydrogens (tertiary/aromatic N) is 2. The summed E-state index contributed by atoms with van der Waals surface area (Å²) in [6.07, 6.45) is 2.64. The Morgan fingerprint density at radius 1 is 1.19 bits per heavy atom.